The van der Waals surface area contributed by atoms with Crippen molar-refractivity contribution in [2.45, 2.75) is 91.6 Å². The van der Waals surface area contributed by atoms with Crippen LogP contribution >= 0.6 is 21.6 Å². The quantitative estimate of drug-likeness (QED) is 0.511. The highest BCUT2D eigenvalue weighted by Gasteiger charge is 2.42. The molecule has 0 heterocycles. The molecule has 0 amide bonds. The van der Waals surface area contributed by atoms with Crippen LogP contribution in [-0.2, 0) is 0 Å². The minimum atomic E-state index is 0.333. The summed E-state index contributed by atoms with van der Waals surface area (Å²) in [5, 5.41) is 0. The molecule has 0 aromatic rings. The largest absolute Gasteiger partial charge is 0.0865 e. The molecule has 2 unspecified atom stereocenters. The van der Waals surface area contributed by atoms with E-state index < -0.39 is 0 Å². The average Bonchev–Trinajstić information content (AvgIpc) is 2.22. The van der Waals surface area contributed by atoms with Gasteiger partial charge in [0.05, 0.1) is 0 Å². The van der Waals surface area contributed by atoms with Gasteiger partial charge in [0.2, 0.25) is 0 Å². The minimum Gasteiger partial charge on any atom is -0.0865 e. The van der Waals surface area contributed by atoms with Crippen LogP contribution in [0.4, 0.5) is 0 Å². The molecule has 0 rings (SSSR count). The van der Waals surface area contributed by atoms with Gasteiger partial charge in [0.1, 0.15) is 0 Å². The first-order valence-electron chi connectivity index (χ1n) is 7.20. The Morgan fingerprint density at radius 1 is 0.556 bits per heavy atom. The SMILES string of the molecule is CCC(C)(SSC(C)(CC)C(C)(C)C)C(C)(C)C. The smallest absolute Gasteiger partial charge is 0.0281 e. The zero-order chi connectivity index (χ0) is 14.8. The minimum absolute atomic E-state index is 0.333. The Balaban J connectivity index is 4.93. The maximum absolute atomic E-state index is 2.42. The van der Waals surface area contributed by atoms with Crippen LogP contribution in [0.15, 0.2) is 0 Å². The van der Waals surface area contributed by atoms with E-state index >= 15 is 0 Å². The molecule has 0 aromatic heterocycles. The first-order valence-corrected chi connectivity index (χ1v) is 9.35. The number of hydrogen-bond donors (Lipinski definition) is 0. The Morgan fingerprint density at radius 3 is 0.889 bits per heavy atom. The molecule has 0 N–H and O–H groups in total. The van der Waals surface area contributed by atoms with E-state index in [1.54, 1.807) is 0 Å². The molecule has 0 aliphatic heterocycles. The topological polar surface area (TPSA) is 0 Å². The molecule has 0 aliphatic carbocycles. The second kappa shape index (κ2) is 5.99. The fraction of sp³-hybridized carbons (Fsp3) is 1.00. The molecule has 0 spiro atoms. The Kier molecular flexibility index (Phi) is 6.23. The lowest BCUT2D eigenvalue weighted by molar-refractivity contribution is 0.290. The highest BCUT2D eigenvalue weighted by Crippen LogP contribution is 2.57. The van der Waals surface area contributed by atoms with Crippen molar-refractivity contribution < 1.29 is 0 Å². The molecule has 0 saturated heterocycles. The van der Waals surface area contributed by atoms with Gasteiger partial charge in [-0.2, -0.15) is 0 Å². The van der Waals surface area contributed by atoms with Crippen LogP contribution in [0.1, 0.15) is 82.1 Å². The highest BCUT2D eigenvalue weighted by molar-refractivity contribution is 8.77. The third-order valence-electron chi connectivity index (χ3n) is 4.93. The van der Waals surface area contributed by atoms with Crippen molar-refractivity contribution in [1.82, 2.24) is 0 Å². The van der Waals surface area contributed by atoms with E-state index in [4.69, 9.17) is 0 Å². The molecular weight excluding hydrogens is 256 g/mol. The molecule has 18 heavy (non-hydrogen) atoms. The van der Waals surface area contributed by atoms with Gasteiger partial charge in [0.25, 0.3) is 0 Å². The van der Waals surface area contributed by atoms with Gasteiger partial charge < -0.3 is 0 Å². The van der Waals surface area contributed by atoms with Crippen molar-refractivity contribution in [3.63, 3.8) is 0 Å². The molecule has 0 aromatic carbocycles. The van der Waals surface area contributed by atoms with Crippen LogP contribution in [0, 0.1) is 10.8 Å². The monoisotopic (exact) mass is 290 g/mol. The standard InChI is InChI=1S/C16H34S2/c1-11-15(9,13(3,4)5)17-18-16(10,12-2)14(6,7)8/h11-12H2,1-10H3. The summed E-state index contributed by atoms with van der Waals surface area (Å²) in [5.41, 5.74) is 0.678. The lowest BCUT2D eigenvalue weighted by atomic mass is 9.79. The summed E-state index contributed by atoms with van der Waals surface area (Å²) in [6, 6.07) is 0. The van der Waals surface area contributed by atoms with E-state index in [9.17, 15) is 0 Å². The van der Waals surface area contributed by atoms with Crippen molar-refractivity contribution in [3.05, 3.63) is 0 Å². The normalized spacial score (nSPS) is 20.3. The van der Waals surface area contributed by atoms with E-state index in [1.807, 2.05) is 0 Å². The summed E-state index contributed by atoms with van der Waals surface area (Å²) in [4.78, 5) is 0. The fourth-order valence-electron chi connectivity index (χ4n) is 1.61. The van der Waals surface area contributed by atoms with E-state index in [0.717, 1.165) is 0 Å². The van der Waals surface area contributed by atoms with Gasteiger partial charge in [-0.3, -0.25) is 0 Å². The Hall–Kier alpha value is 0.700. The predicted molar refractivity (Wildman–Crippen MR) is 91.5 cm³/mol. The van der Waals surface area contributed by atoms with Crippen molar-refractivity contribution >= 4 is 21.6 Å². The average molecular weight is 291 g/mol. The summed E-state index contributed by atoms with van der Waals surface area (Å²) in [6.07, 6.45) is 2.44. The van der Waals surface area contributed by atoms with Crippen LogP contribution in [0.25, 0.3) is 0 Å². The molecule has 0 nitrogen and oxygen atoms in total. The molecule has 0 radical (unpaired) electrons. The van der Waals surface area contributed by atoms with Crippen molar-refractivity contribution in [2.24, 2.45) is 10.8 Å². The van der Waals surface area contributed by atoms with Crippen LogP contribution in [0.3, 0.4) is 0 Å². The van der Waals surface area contributed by atoms with E-state index in [-0.39, 0.29) is 0 Å². The zero-order valence-electron chi connectivity index (χ0n) is 14.2. The first kappa shape index (κ1) is 18.7. The van der Waals surface area contributed by atoms with Crippen LogP contribution < -0.4 is 0 Å². The highest BCUT2D eigenvalue weighted by atomic mass is 33.1. The molecule has 0 bridgehead atoms. The third kappa shape index (κ3) is 4.10. The Morgan fingerprint density at radius 2 is 0.778 bits per heavy atom. The maximum atomic E-state index is 2.42. The summed E-state index contributed by atoms with van der Waals surface area (Å²) < 4.78 is 0.665. The molecule has 0 saturated carbocycles. The molecule has 0 aliphatic rings. The van der Waals surface area contributed by atoms with Gasteiger partial charge >= 0.3 is 0 Å². The van der Waals surface area contributed by atoms with E-state index in [1.165, 1.54) is 12.8 Å². The fourth-order valence-corrected chi connectivity index (χ4v) is 6.03. The van der Waals surface area contributed by atoms with Crippen LogP contribution in [0.2, 0.25) is 0 Å². The summed E-state index contributed by atoms with van der Waals surface area (Å²) in [6.45, 7) is 23.7. The maximum Gasteiger partial charge on any atom is 0.0281 e. The molecular formula is C16H34S2. The Labute approximate surface area is 124 Å². The molecule has 2 atom stereocenters. The van der Waals surface area contributed by atoms with E-state index in [2.05, 4.69) is 90.8 Å². The van der Waals surface area contributed by atoms with Gasteiger partial charge in [-0.05, 0) is 37.5 Å². The second-order valence-corrected chi connectivity index (χ2v) is 11.0. The first-order chi connectivity index (χ1) is 7.83. The predicted octanol–water partition coefficient (Wildman–Crippen LogP) is 6.80. The molecule has 0 fully saturated rings. The Bertz CT molecular complexity index is 231. The van der Waals surface area contributed by atoms with Gasteiger partial charge in [0, 0.05) is 9.49 Å². The lowest BCUT2D eigenvalue weighted by Gasteiger charge is -2.46. The van der Waals surface area contributed by atoms with Crippen LogP contribution in [-0.4, -0.2) is 9.49 Å². The van der Waals surface area contributed by atoms with Gasteiger partial charge in [-0.1, -0.05) is 77.0 Å². The zero-order valence-corrected chi connectivity index (χ0v) is 15.9. The summed E-state index contributed by atoms with van der Waals surface area (Å²) in [5.74, 6) is 0. The van der Waals surface area contributed by atoms with Crippen molar-refractivity contribution in [3.8, 4) is 0 Å². The molecule has 110 valence electrons. The summed E-state index contributed by atoms with van der Waals surface area (Å²) in [7, 11) is 4.21. The summed E-state index contributed by atoms with van der Waals surface area (Å²) >= 11 is 0. The number of hydrogen-bond acceptors (Lipinski definition) is 2. The lowest BCUT2D eigenvalue weighted by Crippen LogP contribution is -2.39. The molecule has 2 heteroatoms. The van der Waals surface area contributed by atoms with E-state index in [0.29, 0.717) is 20.3 Å². The van der Waals surface area contributed by atoms with Gasteiger partial charge in [-0.15, -0.1) is 0 Å². The van der Waals surface area contributed by atoms with Crippen LogP contribution in [0.5, 0.6) is 0 Å². The van der Waals surface area contributed by atoms with Crippen molar-refractivity contribution in [1.29, 1.82) is 0 Å². The number of rotatable bonds is 5. The van der Waals surface area contributed by atoms with Crippen molar-refractivity contribution in [2.75, 3.05) is 0 Å². The van der Waals surface area contributed by atoms with Gasteiger partial charge in [-0.25, -0.2) is 0 Å². The van der Waals surface area contributed by atoms with Gasteiger partial charge in [0.15, 0.2) is 0 Å². The second-order valence-electron chi connectivity index (χ2n) is 7.84. The third-order valence-corrected chi connectivity index (χ3v) is 10.0.